The topological polar surface area (TPSA) is 71.1 Å². The number of hydrogen-bond acceptors (Lipinski definition) is 4. The second-order valence-corrected chi connectivity index (χ2v) is 5.05. The van der Waals surface area contributed by atoms with Crippen LogP contribution in [0.15, 0.2) is 23.4 Å². The van der Waals surface area contributed by atoms with Crippen LogP contribution in [0, 0.1) is 6.92 Å². The Hall–Kier alpha value is -1.75. The van der Waals surface area contributed by atoms with E-state index in [-0.39, 0.29) is 11.9 Å². The van der Waals surface area contributed by atoms with Gasteiger partial charge in [-0.3, -0.25) is 0 Å². The monoisotopic (exact) mass is 263 g/mol. The van der Waals surface area contributed by atoms with Crippen molar-refractivity contribution in [1.82, 2.24) is 0 Å². The van der Waals surface area contributed by atoms with Gasteiger partial charge in [0.1, 0.15) is 0 Å². The summed E-state index contributed by atoms with van der Waals surface area (Å²) in [6, 6.07) is 6.21. The molecule has 104 valence electrons. The zero-order valence-electron chi connectivity index (χ0n) is 11.6. The average molecular weight is 263 g/mol. The van der Waals surface area contributed by atoms with E-state index in [1.807, 2.05) is 26.1 Å². The molecule has 1 aliphatic heterocycles. The molecule has 0 amide bonds. The molecule has 1 saturated heterocycles. The summed E-state index contributed by atoms with van der Waals surface area (Å²) in [6.45, 7) is 4.88. The van der Waals surface area contributed by atoms with Gasteiger partial charge < -0.3 is 20.6 Å². The number of hydrogen-bond donors (Lipinski definition) is 2. The maximum absolute atomic E-state index is 8.90. The van der Waals surface area contributed by atoms with Crippen LogP contribution in [0.2, 0.25) is 0 Å². The smallest absolute Gasteiger partial charge is 0.172 e. The number of benzene rings is 1. The largest absolute Gasteiger partial charge is 0.409 e. The first-order valence-electron chi connectivity index (χ1n) is 6.47. The van der Waals surface area contributed by atoms with Gasteiger partial charge in [-0.1, -0.05) is 11.2 Å². The number of nitrogens with two attached hydrogens (primary N) is 1. The van der Waals surface area contributed by atoms with E-state index in [4.69, 9.17) is 15.7 Å². The molecule has 0 bridgehead atoms. The first-order chi connectivity index (χ1) is 9.04. The summed E-state index contributed by atoms with van der Waals surface area (Å²) in [5, 5.41) is 12.0. The van der Waals surface area contributed by atoms with Crippen molar-refractivity contribution in [3.05, 3.63) is 29.3 Å². The Balaban J connectivity index is 2.39. The third kappa shape index (κ3) is 2.66. The molecule has 0 aromatic heterocycles. The molecule has 5 nitrogen and oxygen atoms in total. The molecule has 0 radical (unpaired) electrons. The highest BCUT2D eigenvalue weighted by molar-refractivity contribution is 6.02. The highest BCUT2D eigenvalue weighted by Crippen LogP contribution is 2.28. The number of anilines is 1. The lowest BCUT2D eigenvalue weighted by Crippen LogP contribution is -2.38. The van der Waals surface area contributed by atoms with Crippen molar-refractivity contribution in [2.24, 2.45) is 10.9 Å². The summed E-state index contributed by atoms with van der Waals surface area (Å²) < 4.78 is 5.61. The number of likely N-dealkylation sites (N-methyl/N-ethyl adjacent to an activating group) is 1. The molecule has 1 aromatic carbocycles. The number of nitrogens with zero attached hydrogens (tertiary/aromatic N) is 2. The molecule has 3 N–H and O–H groups in total. The Morgan fingerprint density at radius 1 is 1.53 bits per heavy atom. The fraction of sp³-hybridized carbons (Fsp3) is 0.500. The van der Waals surface area contributed by atoms with E-state index in [2.05, 4.69) is 23.0 Å². The minimum absolute atomic E-state index is 0.133. The van der Waals surface area contributed by atoms with Crippen molar-refractivity contribution in [3.8, 4) is 0 Å². The van der Waals surface area contributed by atoms with Crippen LogP contribution in [0.4, 0.5) is 5.69 Å². The molecule has 0 spiro atoms. The Labute approximate surface area is 113 Å². The molecular weight excluding hydrogens is 242 g/mol. The molecule has 1 aromatic rings. The van der Waals surface area contributed by atoms with Crippen LogP contribution in [-0.2, 0) is 4.74 Å². The third-order valence-corrected chi connectivity index (χ3v) is 3.75. The molecule has 2 unspecified atom stereocenters. The number of aryl methyl sites for hydroxylation is 1. The maximum atomic E-state index is 8.90. The predicted molar refractivity (Wildman–Crippen MR) is 75.9 cm³/mol. The fourth-order valence-electron chi connectivity index (χ4n) is 2.61. The van der Waals surface area contributed by atoms with Crippen LogP contribution >= 0.6 is 0 Å². The summed E-state index contributed by atoms with van der Waals surface area (Å²) in [5.74, 6) is 0.133. The first kappa shape index (κ1) is 13.7. The molecule has 5 heteroatoms. The minimum Gasteiger partial charge on any atom is -0.409 e. The SMILES string of the molecule is Cc1ccc(/C(N)=N/O)c(N(C)C2CCOC2C)c1. The molecule has 1 fully saturated rings. The highest BCUT2D eigenvalue weighted by atomic mass is 16.5. The van der Waals surface area contributed by atoms with Gasteiger partial charge in [0.25, 0.3) is 0 Å². The van der Waals surface area contributed by atoms with Crippen molar-refractivity contribution in [1.29, 1.82) is 0 Å². The van der Waals surface area contributed by atoms with Gasteiger partial charge in [-0.05, 0) is 38.0 Å². The molecule has 1 aliphatic rings. The van der Waals surface area contributed by atoms with E-state index in [0.717, 1.165) is 29.8 Å². The van der Waals surface area contributed by atoms with Crippen LogP contribution < -0.4 is 10.6 Å². The average Bonchev–Trinajstić information content (AvgIpc) is 2.83. The lowest BCUT2D eigenvalue weighted by molar-refractivity contribution is 0.118. The fourth-order valence-corrected chi connectivity index (χ4v) is 2.61. The highest BCUT2D eigenvalue weighted by Gasteiger charge is 2.29. The van der Waals surface area contributed by atoms with Crippen molar-refractivity contribution >= 4 is 11.5 Å². The lowest BCUT2D eigenvalue weighted by atomic mass is 10.0. The molecule has 2 atom stereocenters. The van der Waals surface area contributed by atoms with Gasteiger partial charge in [-0.25, -0.2) is 0 Å². The molecular formula is C14H21N3O2. The third-order valence-electron chi connectivity index (χ3n) is 3.75. The summed E-state index contributed by atoms with van der Waals surface area (Å²) in [4.78, 5) is 2.16. The molecule has 19 heavy (non-hydrogen) atoms. The first-order valence-corrected chi connectivity index (χ1v) is 6.47. The predicted octanol–water partition coefficient (Wildman–Crippen LogP) is 1.70. The maximum Gasteiger partial charge on any atom is 0.172 e. The Kier molecular flexibility index (Phi) is 3.95. The number of rotatable bonds is 3. The van der Waals surface area contributed by atoms with E-state index < -0.39 is 0 Å². The molecule has 0 saturated carbocycles. The van der Waals surface area contributed by atoms with Crippen molar-refractivity contribution in [2.75, 3.05) is 18.6 Å². The van der Waals surface area contributed by atoms with E-state index in [9.17, 15) is 0 Å². The Bertz CT molecular complexity index is 488. The quantitative estimate of drug-likeness (QED) is 0.377. The normalized spacial score (nSPS) is 23.6. The molecule has 2 rings (SSSR count). The van der Waals surface area contributed by atoms with Gasteiger partial charge in [0.05, 0.1) is 12.1 Å². The summed E-state index contributed by atoms with van der Waals surface area (Å²) in [5.41, 5.74) is 8.62. The van der Waals surface area contributed by atoms with E-state index >= 15 is 0 Å². The van der Waals surface area contributed by atoms with E-state index in [1.165, 1.54) is 0 Å². The summed E-state index contributed by atoms with van der Waals surface area (Å²) in [7, 11) is 2.03. The number of amidine groups is 1. The van der Waals surface area contributed by atoms with Gasteiger partial charge in [-0.2, -0.15) is 0 Å². The van der Waals surface area contributed by atoms with Gasteiger partial charge in [-0.15, -0.1) is 0 Å². The zero-order chi connectivity index (χ0) is 14.0. The van der Waals surface area contributed by atoms with Crippen LogP contribution in [0.1, 0.15) is 24.5 Å². The van der Waals surface area contributed by atoms with Crippen LogP contribution in [0.5, 0.6) is 0 Å². The van der Waals surface area contributed by atoms with Crippen LogP contribution in [0.3, 0.4) is 0 Å². The van der Waals surface area contributed by atoms with E-state index in [1.54, 1.807) is 0 Å². The van der Waals surface area contributed by atoms with E-state index in [0.29, 0.717) is 6.04 Å². The molecule has 1 heterocycles. The Morgan fingerprint density at radius 3 is 2.84 bits per heavy atom. The van der Waals surface area contributed by atoms with Crippen LogP contribution in [-0.4, -0.2) is 36.8 Å². The van der Waals surface area contributed by atoms with Gasteiger partial charge in [0, 0.05) is 24.9 Å². The molecule has 0 aliphatic carbocycles. The number of oxime groups is 1. The van der Waals surface area contributed by atoms with Crippen LogP contribution in [0.25, 0.3) is 0 Å². The van der Waals surface area contributed by atoms with Gasteiger partial charge in [0.2, 0.25) is 0 Å². The zero-order valence-corrected chi connectivity index (χ0v) is 11.6. The summed E-state index contributed by atoms with van der Waals surface area (Å²) in [6.07, 6.45) is 1.17. The lowest BCUT2D eigenvalue weighted by Gasteiger charge is -2.30. The second kappa shape index (κ2) is 5.48. The van der Waals surface area contributed by atoms with Crippen molar-refractivity contribution < 1.29 is 9.94 Å². The summed E-state index contributed by atoms with van der Waals surface area (Å²) >= 11 is 0. The number of ether oxygens (including phenoxy) is 1. The second-order valence-electron chi connectivity index (χ2n) is 5.05. The van der Waals surface area contributed by atoms with Crippen molar-refractivity contribution in [2.45, 2.75) is 32.4 Å². The standard InChI is InChI=1S/C14H21N3O2/c1-9-4-5-11(14(15)16-18)13(8-9)17(3)12-6-7-19-10(12)2/h4-5,8,10,12,18H,6-7H2,1-3H3,(H2,15,16). The minimum atomic E-state index is 0.133. The van der Waals surface area contributed by atoms with Gasteiger partial charge in [0.15, 0.2) is 5.84 Å². The van der Waals surface area contributed by atoms with Gasteiger partial charge >= 0.3 is 0 Å². The Morgan fingerprint density at radius 2 is 2.26 bits per heavy atom. The van der Waals surface area contributed by atoms with Crippen molar-refractivity contribution in [3.63, 3.8) is 0 Å².